The second-order valence-corrected chi connectivity index (χ2v) is 13.3. The van der Waals surface area contributed by atoms with E-state index in [2.05, 4.69) is 202 Å². The van der Waals surface area contributed by atoms with Crippen molar-refractivity contribution in [3.8, 4) is 28.2 Å². The van der Waals surface area contributed by atoms with E-state index in [0.29, 0.717) is 0 Å². The van der Waals surface area contributed by atoms with E-state index in [1.54, 1.807) is 0 Å². The second-order valence-electron chi connectivity index (χ2n) is 13.3. The number of aromatic nitrogens is 3. The van der Waals surface area contributed by atoms with Crippen molar-refractivity contribution >= 4 is 65.4 Å². The highest BCUT2D eigenvalue weighted by atomic mass is 15.0. The van der Waals surface area contributed by atoms with Crippen LogP contribution in [0.15, 0.2) is 188 Å². The maximum absolute atomic E-state index is 2.50. The predicted molar refractivity (Wildman–Crippen MR) is 215 cm³/mol. The Bertz CT molecular complexity index is 3120. The van der Waals surface area contributed by atoms with Gasteiger partial charge in [0.2, 0.25) is 0 Å². The third-order valence-corrected chi connectivity index (χ3v) is 10.6. The zero-order chi connectivity index (χ0) is 33.5. The first-order chi connectivity index (χ1) is 25.3. The van der Waals surface area contributed by atoms with Crippen LogP contribution in [0.1, 0.15) is 0 Å². The lowest BCUT2D eigenvalue weighted by molar-refractivity contribution is 1.17. The summed E-state index contributed by atoms with van der Waals surface area (Å²) < 4.78 is 7.34. The van der Waals surface area contributed by atoms with Gasteiger partial charge >= 0.3 is 0 Å². The molecule has 0 radical (unpaired) electrons. The molecule has 0 saturated carbocycles. The van der Waals surface area contributed by atoms with Gasteiger partial charge in [0.1, 0.15) is 0 Å². The first kappa shape index (κ1) is 28.0. The highest BCUT2D eigenvalue weighted by Crippen LogP contribution is 2.44. The van der Waals surface area contributed by atoms with Gasteiger partial charge in [0.25, 0.3) is 0 Å². The molecule has 8 aromatic carbocycles. The monoisotopic (exact) mass is 649 g/mol. The fraction of sp³-hybridized carbons (Fsp3) is 0. The molecule has 0 spiro atoms. The van der Waals surface area contributed by atoms with E-state index in [4.69, 9.17) is 0 Å². The van der Waals surface area contributed by atoms with Crippen LogP contribution in [0.2, 0.25) is 0 Å². The molecule has 0 atom stereocenters. The van der Waals surface area contributed by atoms with E-state index in [1.165, 1.54) is 87.9 Å². The zero-order valence-electron chi connectivity index (χ0n) is 27.7. The van der Waals surface area contributed by atoms with E-state index in [1.807, 2.05) is 0 Å². The summed E-state index contributed by atoms with van der Waals surface area (Å²) in [6.07, 6.45) is 0. The van der Waals surface area contributed by atoms with Crippen LogP contribution in [0.4, 0.5) is 0 Å². The Hall–Kier alpha value is -6.84. The van der Waals surface area contributed by atoms with Crippen molar-refractivity contribution in [1.82, 2.24) is 13.7 Å². The standard InChI is InChI=1S/C48H31N3/c1-3-15-32(16-4-1)33-17-13-20-35(31-33)50-39-24-10-7-21-36(39)46-42(50)27-14-28-43(46)51-41-26-12-9-23-38(41)48-45(51)30-29-44-47(48)37-22-8-11-25-40(37)49(44)34-18-5-2-6-19-34/h1-31H. The van der Waals surface area contributed by atoms with Gasteiger partial charge in [0, 0.05) is 43.7 Å². The minimum atomic E-state index is 1.15. The number of benzene rings is 8. The van der Waals surface area contributed by atoms with Gasteiger partial charge in [0.15, 0.2) is 0 Å². The van der Waals surface area contributed by atoms with Crippen molar-refractivity contribution in [2.75, 3.05) is 0 Å². The van der Waals surface area contributed by atoms with Crippen molar-refractivity contribution in [1.29, 1.82) is 0 Å². The molecule has 0 saturated heterocycles. The summed E-state index contributed by atoms with van der Waals surface area (Å²) in [7, 11) is 0. The average Bonchev–Trinajstić information content (AvgIpc) is 3.84. The number of hydrogen-bond acceptors (Lipinski definition) is 0. The van der Waals surface area contributed by atoms with Crippen molar-refractivity contribution in [3.63, 3.8) is 0 Å². The number of rotatable bonds is 4. The molecule has 0 aliphatic heterocycles. The third-order valence-electron chi connectivity index (χ3n) is 10.6. The van der Waals surface area contributed by atoms with Crippen molar-refractivity contribution < 1.29 is 0 Å². The van der Waals surface area contributed by atoms with Crippen LogP contribution in [0.5, 0.6) is 0 Å². The molecule has 51 heavy (non-hydrogen) atoms. The Labute approximate surface area is 294 Å². The summed E-state index contributed by atoms with van der Waals surface area (Å²) in [5.74, 6) is 0. The molecule has 3 aromatic heterocycles. The maximum atomic E-state index is 2.50. The molecule has 0 aliphatic carbocycles. The summed E-state index contributed by atoms with van der Waals surface area (Å²) in [4.78, 5) is 0. The Morgan fingerprint density at radius 2 is 0.686 bits per heavy atom. The molecule has 3 heteroatoms. The van der Waals surface area contributed by atoms with E-state index in [9.17, 15) is 0 Å². The lowest BCUT2D eigenvalue weighted by Gasteiger charge is -2.12. The highest BCUT2D eigenvalue weighted by Gasteiger charge is 2.23. The molecular formula is C48H31N3. The zero-order valence-corrected chi connectivity index (χ0v) is 27.7. The van der Waals surface area contributed by atoms with Crippen molar-refractivity contribution in [2.45, 2.75) is 0 Å². The molecule has 0 aliphatic rings. The molecule has 3 nitrogen and oxygen atoms in total. The SMILES string of the molecule is c1ccc(-c2cccc(-n3c4ccccc4c4c(-n5c6ccccc6c6c7c8ccccc8n(-c8ccccc8)c7ccc65)cccc43)c2)cc1. The van der Waals surface area contributed by atoms with Crippen molar-refractivity contribution in [3.05, 3.63) is 188 Å². The molecule has 11 aromatic rings. The van der Waals surface area contributed by atoms with Gasteiger partial charge in [-0.3, -0.25) is 0 Å². The Morgan fingerprint density at radius 1 is 0.255 bits per heavy atom. The number of fused-ring (bicyclic) bond motifs is 10. The summed E-state index contributed by atoms with van der Waals surface area (Å²) in [6.45, 7) is 0. The molecule has 238 valence electrons. The van der Waals surface area contributed by atoms with Crippen LogP contribution in [-0.4, -0.2) is 13.7 Å². The van der Waals surface area contributed by atoms with Gasteiger partial charge in [-0.25, -0.2) is 0 Å². The first-order valence-electron chi connectivity index (χ1n) is 17.5. The van der Waals surface area contributed by atoms with Crippen LogP contribution in [0.25, 0.3) is 93.6 Å². The number of hydrogen-bond donors (Lipinski definition) is 0. The highest BCUT2D eigenvalue weighted by molar-refractivity contribution is 6.29. The van der Waals surface area contributed by atoms with E-state index < -0.39 is 0 Å². The third kappa shape index (κ3) is 4.00. The minimum Gasteiger partial charge on any atom is -0.309 e. The van der Waals surface area contributed by atoms with Gasteiger partial charge in [-0.15, -0.1) is 0 Å². The predicted octanol–water partition coefficient (Wildman–Crippen LogP) is 12.6. The van der Waals surface area contributed by atoms with E-state index >= 15 is 0 Å². The molecule has 0 fully saturated rings. The minimum absolute atomic E-state index is 1.15. The van der Waals surface area contributed by atoms with E-state index in [-0.39, 0.29) is 0 Å². The molecular weight excluding hydrogens is 619 g/mol. The van der Waals surface area contributed by atoms with E-state index in [0.717, 1.165) is 5.69 Å². The molecule has 0 N–H and O–H groups in total. The molecule has 11 rings (SSSR count). The average molecular weight is 650 g/mol. The van der Waals surface area contributed by atoms with Crippen LogP contribution in [-0.2, 0) is 0 Å². The normalized spacial score (nSPS) is 11.9. The van der Waals surface area contributed by atoms with Gasteiger partial charge in [0.05, 0.1) is 38.8 Å². The summed E-state index contributed by atoms with van der Waals surface area (Å²) in [5, 5.41) is 7.57. The largest absolute Gasteiger partial charge is 0.309 e. The fourth-order valence-corrected chi connectivity index (χ4v) is 8.55. The fourth-order valence-electron chi connectivity index (χ4n) is 8.55. The smallest absolute Gasteiger partial charge is 0.0562 e. The quantitative estimate of drug-likeness (QED) is 0.180. The Balaban J connectivity index is 1.25. The van der Waals surface area contributed by atoms with Crippen LogP contribution in [0, 0.1) is 0 Å². The maximum Gasteiger partial charge on any atom is 0.0562 e. The molecule has 3 heterocycles. The number of para-hydroxylation sites is 4. The van der Waals surface area contributed by atoms with Gasteiger partial charge in [-0.2, -0.15) is 0 Å². The van der Waals surface area contributed by atoms with Crippen LogP contribution < -0.4 is 0 Å². The summed E-state index contributed by atoms with van der Waals surface area (Å²) >= 11 is 0. The summed E-state index contributed by atoms with van der Waals surface area (Å²) in [6, 6.07) is 68.3. The Morgan fingerprint density at radius 3 is 1.35 bits per heavy atom. The molecule has 0 unspecified atom stereocenters. The van der Waals surface area contributed by atoms with Gasteiger partial charge in [-0.1, -0.05) is 121 Å². The summed E-state index contributed by atoms with van der Waals surface area (Å²) in [5.41, 5.74) is 13.1. The van der Waals surface area contributed by atoms with Gasteiger partial charge in [-0.05, 0) is 77.9 Å². The molecule has 0 amide bonds. The van der Waals surface area contributed by atoms with Crippen molar-refractivity contribution in [2.24, 2.45) is 0 Å². The Kier molecular flexibility index (Phi) is 5.96. The lowest BCUT2D eigenvalue weighted by atomic mass is 10.1. The van der Waals surface area contributed by atoms with Crippen LogP contribution in [0.3, 0.4) is 0 Å². The first-order valence-corrected chi connectivity index (χ1v) is 17.5. The molecule has 0 bridgehead atoms. The second kappa shape index (κ2) is 10.8. The van der Waals surface area contributed by atoms with Crippen LogP contribution >= 0.6 is 0 Å². The lowest BCUT2D eigenvalue weighted by Crippen LogP contribution is -1.97. The topological polar surface area (TPSA) is 14.8 Å². The number of nitrogens with zero attached hydrogens (tertiary/aromatic N) is 3. The van der Waals surface area contributed by atoms with Gasteiger partial charge < -0.3 is 13.7 Å².